The van der Waals surface area contributed by atoms with Gasteiger partial charge in [-0.05, 0) is 61.5 Å². The first kappa shape index (κ1) is 20.0. The van der Waals surface area contributed by atoms with E-state index in [0.717, 1.165) is 11.3 Å². The van der Waals surface area contributed by atoms with E-state index in [4.69, 9.17) is 9.47 Å². The van der Waals surface area contributed by atoms with Gasteiger partial charge in [0.25, 0.3) is 0 Å². The second kappa shape index (κ2) is 9.45. The molecule has 0 unspecified atom stereocenters. The number of aromatic nitrogens is 4. The van der Waals surface area contributed by atoms with E-state index in [1.165, 1.54) is 4.80 Å². The molecule has 1 N–H and O–H groups in total. The van der Waals surface area contributed by atoms with E-state index >= 15 is 0 Å². The van der Waals surface area contributed by atoms with Crippen LogP contribution in [0.5, 0.6) is 5.75 Å². The molecule has 0 radical (unpaired) electrons. The summed E-state index contributed by atoms with van der Waals surface area (Å²) in [6.45, 7) is 4.40. The summed E-state index contributed by atoms with van der Waals surface area (Å²) < 4.78 is 10.4. The molecule has 0 aliphatic rings. The minimum atomic E-state index is -0.443. The van der Waals surface area contributed by atoms with Gasteiger partial charge in [-0.2, -0.15) is 4.80 Å². The Balaban J connectivity index is 1.62. The molecule has 0 atom stereocenters. The maximum absolute atomic E-state index is 12.3. The fraction of sp³-hybridized carbons (Fsp3) is 0.250. The van der Waals surface area contributed by atoms with Gasteiger partial charge in [0.2, 0.25) is 11.7 Å². The van der Waals surface area contributed by atoms with Gasteiger partial charge >= 0.3 is 5.97 Å². The minimum Gasteiger partial charge on any atom is -0.494 e. The topological polar surface area (TPSA) is 108 Å². The molecule has 0 fully saturated rings. The number of anilines is 1. The molecule has 1 aromatic heterocycles. The Morgan fingerprint density at radius 3 is 2.59 bits per heavy atom. The van der Waals surface area contributed by atoms with Crippen molar-refractivity contribution in [2.75, 3.05) is 18.5 Å². The number of ether oxygens (including phenoxy) is 2. The average Bonchev–Trinajstić information content (AvgIpc) is 3.17. The molecular formula is C20H21N5O4. The van der Waals surface area contributed by atoms with Crippen molar-refractivity contribution >= 4 is 17.6 Å². The number of tetrazole rings is 1. The molecule has 29 heavy (non-hydrogen) atoms. The lowest BCUT2D eigenvalue weighted by Crippen LogP contribution is -2.20. The summed E-state index contributed by atoms with van der Waals surface area (Å²) in [5.74, 6) is 0.376. The molecule has 9 nitrogen and oxygen atoms in total. The molecule has 2 aromatic carbocycles. The third-order valence-electron chi connectivity index (χ3n) is 3.82. The quantitative estimate of drug-likeness (QED) is 0.584. The molecule has 1 heterocycles. The zero-order valence-electron chi connectivity index (χ0n) is 16.2. The first-order valence-electron chi connectivity index (χ1n) is 9.17. The molecule has 0 bridgehead atoms. The minimum absolute atomic E-state index is 0.117. The lowest BCUT2D eigenvalue weighted by atomic mass is 10.2. The molecule has 3 rings (SSSR count). The number of benzene rings is 2. The van der Waals surface area contributed by atoms with Gasteiger partial charge in [0.05, 0.1) is 18.8 Å². The van der Waals surface area contributed by atoms with E-state index in [-0.39, 0.29) is 19.1 Å². The zero-order chi connectivity index (χ0) is 20.6. The van der Waals surface area contributed by atoms with Crippen LogP contribution in [0.3, 0.4) is 0 Å². The number of carbonyl (C=O) groups is 2. The third kappa shape index (κ3) is 5.38. The normalized spacial score (nSPS) is 10.4. The second-order valence-corrected chi connectivity index (χ2v) is 5.95. The highest BCUT2D eigenvalue weighted by Crippen LogP contribution is 2.18. The Morgan fingerprint density at radius 2 is 1.86 bits per heavy atom. The van der Waals surface area contributed by atoms with Gasteiger partial charge in [-0.15, -0.1) is 10.2 Å². The van der Waals surface area contributed by atoms with Crippen molar-refractivity contribution in [2.24, 2.45) is 0 Å². The summed E-state index contributed by atoms with van der Waals surface area (Å²) in [6.07, 6.45) is 0. The van der Waals surface area contributed by atoms with E-state index in [2.05, 4.69) is 20.7 Å². The van der Waals surface area contributed by atoms with E-state index in [1.807, 2.05) is 31.2 Å². The van der Waals surface area contributed by atoms with Crippen LogP contribution in [0.4, 0.5) is 5.69 Å². The molecule has 0 saturated carbocycles. The summed E-state index contributed by atoms with van der Waals surface area (Å²) in [5.41, 5.74) is 1.61. The van der Waals surface area contributed by atoms with Crippen molar-refractivity contribution < 1.29 is 19.1 Å². The molecule has 0 aliphatic carbocycles. The number of hydrogen-bond acceptors (Lipinski definition) is 7. The van der Waals surface area contributed by atoms with Crippen LogP contribution in [0.2, 0.25) is 0 Å². The van der Waals surface area contributed by atoms with Crippen LogP contribution in [-0.2, 0) is 16.1 Å². The summed E-state index contributed by atoms with van der Waals surface area (Å²) in [7, 11) is 0. The number of amides is 1. The van der Waals surface area contributed by atoms with Gasteiger partial charge in [0, 0.05) is 11.3 Å². The molecular weight excluding hydrogens is 374 g/mol. The molecule has 0 spiro atoms. The lowest BCUT2D eigenvalue weighted by molar-refractivity contribution is -0.117. The summed E-state index contributed by atoms with van der Waals surface area (Å²) in [4.78, 5) is 25.3. The highest BCUT2D eigenvalue weighted by atomic mass is 16.5. The lowest BCUT2D eigenvalue weighted by Gasteiger charge is -2.07. The van der Waals surface area contributed by atoms with Gasteiger partial charge in [-0.3, -0.25) is 4.79 Å². The Kier molecular flexibility index (Phi) is 6.51. The number of esters is 1. The van der Waals surface area contributed by atoms with Crippen LogP contribution in [0, 0.1) is 0 Å². The highest BCUT2D eigenvalue weighted by molar-refractivity contribution is 5.94. The van der Waals surface area contributed by atoms with Crippen molar-refractivity contribution in [3.8, 4) is 17.1 Å². The van der Waals surface area contributed by atoms with Gasteiger partial charge in [0.15, 0.2) is 0 Å². The molecule has 0 aliphatic heterocycles. The predicted molar refractivity (Wildman–Crippen MR) is 105 cm³/mol. The van der Waals surface area contributed by atoms with Crippen LogP contribution in [0.25, 0.3) is 11.4 Å². The fourth-order valence-corrected chi connectivity index (χ4v) is 2.56. The van der Waals surface area contributed by atoms with Gasteiger partial charge < -0.3 is 14.8 Å². The van der Waals surface area contributed by atoms with Gasteiger partial charge in [-0.25, -0.2) is 4.79 Å². The molecule has 0 saturated heterocycles. The Bertz CT molecular complexity index is 985. The van der Waals surface area contributed by atoms with E-state index in [1.54, 1.807) is 31.2 Å². The molecule has 3 aromatic rings. The van der Waals surface area contributed by atoms with Crippen molar-refractivity contribution in [2.45, 2.75) is 20.4 Å². The first-order chi connectivity index (χ1) is 14.1. The van der Waals surface area contributed by atoms with Crippen LogP contribution >= 0.6 is 0 Å². The van der Waals surface area contributed by atoms with Gasteiger partial charge in [-0.1, -0.05) is 6.07 Å². The largest absolute Gasteiger partial charge is 0.494 e. The van der Waals surface area contributed by atoms with Crippen LogP contribution in [-0.4, -0.2) is 45.3 Å². The molecule has 150 valence electrons. The number of rotatable bonds is 8. The monoisotopic (exact) mass is 395 g/mol. The summed E-state index contributed by atoms with van der Waals surface area (Å²) in [6, 6.07) is 13.8. The van der Waals surface area contributed by atoms with Gasteiger partial charge in [0.1, 0.15) is 12.3 Å². The number of nitrogens with one attached hydrogen (secondary N) is 1. The first-order valence-corrected chi connectivity index (χ1v) is 9.17. The summed E-state index contributed by atoms with van der Waals surface area (Å²) in [5, 5.41) is 14.8. The average molecular weight is 395 g/mol. The highest BCUT2D eigenvalue weighted by Gasteiger charge is 2.12. The van der Waals surface area contributed by atoms with Crippen LogP contribution in [0.15, 0.2) is 48.5 Å². The standard InChI is InChI=1S/C20H21N5O4/c1-3-28-17-10-8-14(9-11-17)19-22-24-25(23-19)13-18(26)21-16-7-5-6-15(12-16)20(27)29-4-2/h5-12H,3-4,13H2,1-2H3,(H,21,26). The number of carbonyl (C=O) groups excluding carboxylic acids is 2. The van der Waals surface area contributed by atoms with Crippen molar-refractivity contribution in [3.63, 3.8) is 0 Å². The van der Waals surface area contributed by atoms with Crippen molar-refractivity contribution in [1.82, 2.24) is 20.2 Å². The third-order valence-corrected chi connectivity index (χ3v) is 3.82. The summed E-state index contributed by atoms with van der Waals surface area (Å²) >= 11 is 0. The second-order valence-electron chi connectivity index (χ2n) is 5.95. The maximum Gasteiger partial charge on any atom is 0.338 e. The molecule has 9 heteroatoms. The van der Waals surface area contributed by atoms with Crippen molar-refractivity contribution in [1.29, 1.82) is 0 Å². The maximum atomic E-state index is 12.3. The Hall–Kier alpha value is -3.75. The SMILES string of the molecule is CCOC(=O)c1cccc(NC(=O)Cn2nnc(-c3ccc(OCC)cc3)n2)c1. The van der Waals surface area contributed by atoms with E-state index in [0.29, 0.717) is 23.7 Å². The molecule has 1 amide bonds. The fourth-order valence-electron chi connectivity index (χ4n) is 2.56. The van der Waals surface area contributed by atoms with Crippen LogP contribution < -0.4 is 10.1 Å². The number of nitrogens with zero attached hydrogens (tertiary/aromatic N) is 4. The Labute approximate surface area is 167 Å². The van der Waals surface area contributed by atoms with E-state index < -0.39 is 5.97 Å². The van der Waals surface area contributed by atoms with E-state index in [9.17, 15) is 9.59 Å². The zero-order valence-corrected chi connectivity index (χ0v) is 16.2. The predicted octanol–water partition coefficient (Wildman–Crippen LogP) is 2.55. The van der Waals surface area contributed by atoms with Crippen molar-refractivity contribution in [3.05, 3.63) is 54.1 Å². The Morgan fingerprint density at radius 1 is 1.07 bits per heavy atom. The smallest absolute Gasteiger partial charge is 0.338 e. The van der Waals surface area contributed by atoms with Crippen LogP contribution in [0.1, 0.15) is 24.2 Å². The number of hydrogen-bond donors (Lipinski definition) is 1.